The summed E-state index contributed by atoms with van der Waals surface area (Å²) < 4.78 is 16.1. The molecule has 2 aliphatic heterocycles. The maximum atomic E-state index is 12.3. The van der Waals surface area contributed by atoms with E-state index in [-0.39, 0.29) is 30.8 Å². The van der Waals surface area contributed by atoms with Crippen LogP contribution in [0.2, 0.25) is 0 Å². The van der Waals surface area contributed by atoms with E-state index in [1.807, 2.05) is 0 Å². The van der Waals surface area contributed by atoms with Gasteiger partial charge < -0.3 is 24.6 Å². The van der Waals surface area contributed by atoms with Gasteiger partial charge in [-0.15, -0.1) is 0 Å². The molecule has 108 valence electrons. The third-order valence-electron chi connectivity index (χ3n) is 3.70. The molecular weight excluding hydrogens is 262 g/mol. The number of aliphatic hydroxyl groups is 1. The van der Waals surface area contributed by atoms with Crippen molar-refractivity contribution >= 4 is 5.91 Å². The maximum Gasteiger partial charge on any atom is 0.255 e. The summed E-state index contributed by atoms with van der Waals surface area (Å²) in [6.45, 7) is 0.587. The molecular formula is C14H17NO5. The Morgan fingerprint density at radius 3 is 2.85 bits per heavy atom. The van der Waals surface area contributed by atoms with Crippen LogP contribution in [-0.4, -0.2) is 55.7 Å². The van der Waals surface area contributed by atoms with Crippen LogP contribution >= 0.6 is 0 Å². The Morgan fingerprint density at radius 1 is 1.30 bits per heavy atom. The van der Waals surface area contributed by atoms with Crippen LogP contribution in [0, 0.1) is 0 Å². The van der Waals surface area contributed by atoms with E-state index in [4.69, 9.17) is 14.2 Å². The lowest BCUT2D eigenvalue weighted by molar-refractivity contribution is 0.0178. The number of rotatable bonds is 3. The Labute approximate surface area is 116 Å². The van der Waals surface area contributed by atoms with Crippen molar-refractivity contribution in [3.8, 4) is 5.75 Å². The molecule has 2 heterocycles. The van der Waals surface area contributed by atoms with Crippen LogP contribution in [0.4, 0.5) is 0 Å². The number of benzene rings is 1. The molecule has 0 saturated carbocycles. The van der Waals surface area contributed by atoms with Crippen molar-refractivity contribution in [2.24, 2.45) is 0 Å². The summed E-state index contributed by atoms with van der Waals surface area (Å²) in [6.07, 6.45) is -1.25. The van der Waals surface area contributed by atoms with Gasteiger partial charge in [-0.05, 0) is 12.1 Å². The van der Waals surface area contributed by atoms with Gasteiger partial charge in [0.05, 0.1) is 31.9 Å². The van der Waals surface area contributed by atoms with E-state index in [1.54, 1.807) is 24.3 Å². The van der Waals surface area contributed by atoms with Gasteiger partial charge in [-0.2, -0.15) is 0 Å². The van der Waals surface area contributed by atoms with E-state index in [9.17, 15) is 9.90 Å². The van der Waals surface area contributed by atoms with Gasteiger partial charge in [0.2, 0.25) is 0 Å². The molecule has 3 rings (SSSR count). The molecule has 2 aliphatic rings. The highest BCUT2D eigenvalue weighted by atomic mass is 16.6. The fourth-order valence-electron chi connectivity index (χ4n) is 2.68. The molecule has 0 aliphatic carbocycles. The van der Waals surface area contributed by atoms with Gasteiger partial charge >= 0.3 is 0 Å². The van der Waals surface area contributed by atoms with Crippen LogP contribution < -0.4 is 10.1 Å². The first-order valence-corrected chi connectivity index (χ1v) is 6.56. The van der Waals surface area contributed by atoms with Gasteiger partial charge in [0.25, 0.3) is 5.91 Å². The van der Waals surface area contributed by atoms with Gasteiger partial charge in [0, 0.05) is 0 Å². The minimum absolute atomic E-state index is 0.235. The molecule has 1 aromatic carbocycles. The van der Waals surface area contributed by atoms with Gasteiger partial charge in [-0.25, -0.2) is 0 Å². The molecule has 1 aromatic rings. The number of hydrogen-bond acceptors (Lipinski definition) is 5. The van der Waals surface area contributed by atoms with Gasteiger partial charge in [0.15, 0.2) is 0 Å². The number of nitrogens with one attached hydrogen (secondary N) is 1. The van der Waals surface area contributed by atoms with Crippen LogP contribution in [0.5, 0.6) is 5.75 Å². The number of amides is 1. The molecule has 2 saturated heterocycles. The summed E-state index contributed by atoms with van der Waals surface area (Å²) in [5.74, 6) is 0.287. The highest BCUT2D eigenvalue weighted by Crippen LogP contribution is 2.27. The summed E-state index contributed by atoms with van der Waals surface area (Å²) in [5, 5.41) is 12.5. The summed E-state index contributed by atoms with van der Waals surface area (Å²) in [7, 11) is 1.53. The molecule has 2 fully saturated rings. The smallest absolute Gasteiger partial charge is 0.255 e. The number of methoxy groups -OCH3 is 1. The van der Waals surface area contributed by atoms with Gasteiger partial charge in [-0.3, -0.25) is 4.79 Å². The zero-order valence-electron chi connectivity index (χ0n) is 11.1. The highest BCUT2D eigenvalue weighted by molar-refractivity contribution is 5.97. The van der Waals surface area contributed by atoms with E-state index in [2.05, 4.69) is 5.32 Å². The van der Waals surface area contributed by atoms with Crippen molar-refractivity contribution in [3.63, 3.8) is 0 Å². The minimum Gasteiger partial charge on any atom is -0.496 e. The zero-order chi connectivity index (χ0) is 14.1. The average Bonchev–Trinajstić information content (AvgIpc) is 3.03. The number of carbonyl (C=O) groups excluding carboxylic acids is 1. The first-order chi connectivity index (χ1) is 9.70. The van der Waals surface area contributed by atoms with E-state index < -0.39 is 6.10 Å². The van der Waals surface area contributed by atoms with Crippen molar-refractivity contribution in [3.05, 3.63) is 29.8 Å². The summed E-state index contributed by atoms with van der Waals surface area (Å²) in [6, 6.07) is 6.77. The normalized spacial score (nSPS) is 31.9. The van der Waals surface area contributed by atoms with Gasteiger partial charge in [0.1, 0.15) is 24.1 Å². The monoisotopic (exact) mass is 279 g/mol. The lowest BCUT2D eigenvalue weighted by atomic mass is 10.1. The molecule has 0 spiro atoms. The second-order valence-corrected chi connectivity index (χ2v) is 4.94. The largest absolute Gasteiger partial charge is 0.496 e. The highest BCUT2D eigenvalue weighted by Gasteiger charge is 2.47. The van der Waals surface area contributed by atoms with Crippen LogP contribution in [-0.2, 0) is 9.47 Å². The topological polar surface area (TPSA) is 77.0 Å². The molecule has 1 amide bonds. The molecule has 0 aromatic heterocycles. The second kappa shape index (κ2) is 5.40. The van der Waals surface area contributed by atoms with E-state index in [0.717, 1.165) is 0 Å². The zero-order valence-corrected chi connectivity index (χ0v) is 11.1. The molecule has 0 unspecified atom stereocenters. The standard InChI is InChI=1S/C14H17NO5/c1-18-11-5-3-2-4-8(11)14(17)15-9-6-19-13-10(16)7-20-12(9)13/h2-5,9-10,12-13,16H,6-7H2,1H3,(H,15,17)/t9-,10+,12+,13+/m0/s1. The molecule has 6 heteroatoms. The number of para-hydroxylation sites is 1. The van der Waals surface area contributed by atoms with E-state index in [1.165, 1.54) is 7.11 Å². The summed E-state index contributed by atoms with van der Waals surface area (Å²) >= 11 is 0. The molecule has 20 heavy (non-hydrogen) atoms. The minimum atomic E-state index is -0.617. The van der Waals surface area contributed by atoms with Crippen molar-refractivity contribution in [1.82, 2.24) is 5.32 Å². The summed E-state index contributed by atoms with van der Waals surface area (Å²) in [4.78, 5) is 12.3. The number of aliphatic hydroxyl groups excluding tert-OH is 1. The molecule has 0 bridgehead atoms. The van der Waals surface area contributed by atoms with E-state index >= 15 is 0 Å². The Balaban J connectivity index is 1.71. The Hall–Kier alpha value is -1.63. The Bertz CT molecular complexity index is 506. The molecule has 0 radical (unpaired) electrons. The van der Waals surface area contributed by atoms with Crippen LogP contribution in [0.25, 0.3) is 0 Å². The number of ether oxygens (including phenoxy) is 3. The molecule has 6 nitrogen and oxygen atoms in total. The lowest BCUT2D eigenvalue weighted by Crippen LogP contribution is -2.44. The average molecular weight is 279 g/mol. The fraction of sp³-hybridized carbons (Fsp3) is 0.500. The fourth-order valence-corrected chi connectivity index (χ4v) is 2.68. The predicted octanol–water partition coefficient (Wildman–Crippen LogP) is -0.0479. The lowest BCUT2D eigenvalue weighted by Gasteiger charge is -2.18. The third-order valence-corrected chi connectivity index (χ3v) is 3.70. The number of carbonyl (C=O) groups is 1. The third kappa shape index (κ3) is 2.26. The van der Waals surface area contributed by atoms with Crippen molar-refractivity contribution in [2.45, 2.75) is 24.4 Å². The van der Waals surface area contributed by atoms with Crippen LogP contribution in [0.1, 0.15) is 10.4 Å². The number of fused-ring (bicyclic) bond motifs is 1. The molecule has 4 atom stereocenters. The molecule has 2 N–H and O–H groups in total. The predicted molar refractivity (Wildman–Crippen MR) is 69.7 cm³/mol. The van der Waals surface area contributed by atoms with E-state index in [0.29, 0.717) is 17.9 Å². The second-order valence-electron chi connectivity index (χ2n) is 4.94. The number of hydrogen-bond donors (Lipinski definition) is 2. The maximum absolute atomic E-state index is 12.3. The van der Waals surface area contributed by atoms with Gasteiger partial charge in [-0.1, -0.05) is 12.1 Å². The van der Waals surface area contributed by atoms with Crippen molar-refractivity contribution in [2.75, 3.05) is 20.3 Å². The van der Waals surface area contributed by atoms with Crippen molar-refractivity contribution < 1.29 is 24.1 Å². The Kier molecular flexibility index (Phi) is 3.60. The quantitative estimate of drug-likeness (QED) is 0.811. The Morgan fingerprint density at radius 2 is 2.05 bits per heavy atom. The van der Waals surface area contributed by atoms with Crippen LogP contribution in [0.3, 0.4) is 0 Å². The summed E-state index contributed by atoms with van der Waals surface area (Å²) in [5.41, 5.74) is 0.469. The SMILES string of the molecule is COc1ccccc1C(=O)N[C@H]1CO[C@H]2[C@@H]1OC[C@H]2O. The van der Waals surface area contributed by atoms with Crippen molar-refractivity contribution in [1.29, 1.82) is 0 Å². The van der Waals surface area contributed by atoms with Crippen LogP contribution in [0.15, 0.2) is 24.3 Å². The first kappa shape index (κ1) is 13.4. The first-order valence-electron chi connectivity index (χ1n) is 6.56.